The zero-order chi connectivity index (χ0) is 37.6. The van der Waals surface area contributed by atoms with Crippen LogP contribution in [0.15, 0.2) is 59.4 Å². The largest absolute Gasteiger partial charge is 0.469 e. The van der Waals surface area contributed by atoms with E-state index in [0.717, 1.165) is 31.8 Å². The lowest BCUT2D eigenvalue weighted by molar-refractivity contribution is -0.132. The number of carbonyl (C=O) groups is 6. The summed E-state index contributed by atoms with van der Waals surface area (Å²) < 4.78 is 10.8. The molecular weight excluding hydrogens is 672 g/mol. The molecule has 0 bridgehead atoms. The van der Waals surface area contributed by atoms with E-state index in [1.54, 1.807) is 36.4 Å². The monoisotopic (exact) mass is 724 g/mol. The fraction of sp³-hybridized carbons (Fsp3) is 0.500. The highest BCUT2D eigenvalue weighted by atomic mass is 16.5. The Kier molecular flexibility index (Phi) is 18.6. The average Bonchev–Trinajstić information content (AvgIpc) is 3.67. The smallest absolute Gasteiger partial charge is 0.245 e. The van der Waals surface area contributed by atoms with E-state index in [-0.39, 0.29) is 57.5 Å². The Morgan fingerprint density at radius 3 is 2.37 bits per heavy atom. The minimum absolute atomic E-state index is 0.0303. The summed E-state index contributed by atoms with van der Waals surface area (Å²) in [5.41, 5.74) is 6.69. The van der Waals surface area contributed by atoms with Crippen molar-refractivity contribution in [3.63, 3.8) is 0 Å². The number of hydrogen-bond acceptors (Lipinski definition) is 11. The molecule has 9 N–H and O–H groups in total. The number of furan rings is 1. The van der Waals surface area contributed by atoms with Crippen molar-refractivity contribution in [2.75, 3.05) is 46.4 Å². The molecule has 0 saturated heterocycles. The molecule has 1 aromatic carbocycles. The van der Waals surface area contributed by atoms with Gasteiger partial charge in [-0.25, -0.2) is 0 Å². The second-order valence-corrected chi connectivity index (χ2v) is 12.3. The maximum absolute atomic E-state index is 13.5. The maximum Gasteiger partial charge on any atom is 0.245 e. The van der Waals surface area contributed by atoms with Gasteiger partial charge < -0.3 is 56.9 Å². The third kappa shape index (κ3) is 15.0. The highest BCUT2D eigenvalue weighted by molar-refractivity contribution is 5.91. The van der Waals surface area contributed by atoms with E-state index in [9.17, 15) is 28.8 Å². The summed E-state index contributed by atoms with van der Waals surface area (Å²) in [4.78, 5) is 75.7. The molecule has 284 valence electrons. The minimum atomic E-state index is -1.12. The molecule has 5 amide bonds. The molecule has 1 aromatic heterocycles. The number of benzene rings is 1. The SMILES string of the molecule is CNC1CCC(C(=O)N[C@@H](Cc2ccco2)C(=O)NCc2ccccc2CC(=O)N[C@@H](CNC(=O)/C=C\NCC=O)C(=O)NCCOCCN)CC1. The molecule has 1 heterocycles. The number of hydrogen-bond donors (Lipinski definition) is 8. The van der Waals surface area contributed by atoms with Crippen molar-refractivity contribution in [1.29, 1.82) is 0 Å². The van der Waals surface area contributed by atoms with E-state index in [1.807, 2.05) is 7.05 Å². The molecule has 2 atom stereocenters. The molecule has 1 fully saturated rings. The van der Waals surface area contributed by atoms with Crippen molar-refractivity contribution in [2.24, 2.45) is 11.7 Å². The van der Waals surface area contributed by atoms with Crippen molar-refractivity contribution in [1.82, 2.24) is 37.2 Å². The molecule has 0 aliphatic heterocycles. The molecule has 52 heavy (non-hydrogen) atoms. The summed E-state index contributed by atoms with van der Waals surface area (Å²) in [5, 5.41) is 19.6. The lowest BCUT2D eigenvalue weighted by atomic mass is 9.85. The summed E-state index contributed by atoms with van der Waals surface area (Å²) in [6.07, 6.45) is 7.89. The van der Waals surface area contributed by atoms with Crippen molar-refractivity contribution in [2.45, 2.75) is 63.2 Å². The van der Waals surface area contributed by atoms with Gasteiger partial charge in [-0.3, -0.25) is 24.0 Å². The van der Waals surface area contributed by atoms with E-state index >= 15 is 0 Å². The lowest BCUT2D eigenvalue weighted by Gasteiger charge is -2.28. The first kappa shape index (κ1) is 41.4. The first-order chi connectivity index (χ1) is 25.2. The van der Waals surface area contributed by atoms with Gasteiger partial charge in [-0.05, 0) is 56.0 Å². The van der Waals surface area contributed by atoms with E-state index in [0.29, 0.717) is 42.4 Å². The van der Waals surface area contributed by atoms with Crippen LogP contribution in [0.2, 0.25) is 0 Å². The molecule has 1 aliphatic rings. The first-order valence-corrected chi connectivity index (χ1v) is 17.5. The van der Waals surface area contributed by atoms with Crippen LogP contribution in [0.25, 0.3) is 0 Å². The Labute approximate surface area is 303 Å². The summed E-state index contributed by atoms with van der Waals surface area (Å²) >= 11 is 0. The predicted octanol–water partition coefficient (Wildman–Crippen LogP) is -1.06. The van der Waals surface area contributed by atoms with Gasteiger partial charge in [0, 0.05) is 56.8 Å². The van der Waals surface area contributed by atoms with E-state index in [1.165, 1.54) is 12.5 Å². The van der Waals surface area contributed by atoms with Crippen LogP contribution in [0.4, 0.5) is 0 Å². The second-order valence-electron chi connectivity index (χ2n) is 12.3. The lowest BCUT2D eigenvalue weighted by Crippen LogP contribution is -2.53. The predicted molar refractivity (Wildman–Crippen MR) is 192 cm³/mol. The normalized spacial score (nSPS) is 16.7. The number of nitrogens with two attached hydrogens (primary N) is 1. The van der Waals surface area contributed by atoms with Crippen LogP contribution in [-0.2, 0) is 52.9 Å². The molecule has 3 rings (SSSR count). The molecule has 16 nitrogen and oxygen atoms in total. The van der Waals surface area contributed by atoms with Crippen molar-refractivity contribution < 1.29 is 37.9 Å². The molecule has 0 spiro atoms. The van der Waals surface area contributed by atoms with E-state index < -0.39 is 35.7 Å². The van der Waals surface area contributed by atoms with Crippen LogP contribution in [0.1, 0.15) is 42.6 Å². The zero-order valence-corrected chi connectivity index (χ0v) is 29.6. The van der Waals surface area contributed by atoms with Gasteiger partial charge in [0.05, 0.1) is 32.4 Å². The zero-order valence-electron chi connectivity index (χ0n) is 29.6. The van der Waals surface area contributed by atoms with Crippen LogP contribution in [0, 0.1) is 5.92 Å². The van der Waals surface area contributed by atoms with Crippen molar-refractivity contribution >= 4 is 35.8 Å². The van der Waals surface area contributed by atoms with Gasteiger partial charge in [-0.1, -0.05) is 24.3 Å². The maximum atomic E-state index is 13.5. The van der Waals surface area contributed by atoms with Crippen LogP contribution in [0.3, 0.4) is 0 Å². The third-order valence-electron chi connectivity index (χ3n) is 8.54. The molecule has 0 unspecified atom stereocenters. The van der Waals surface area contributed by atoms with Crippen LogP contribution in [-0.4, -0.2) is 100 Å². The van der Waals surface area contributed by atoms with E-state index in [2.05, 4.69) is 37.2 Å². The molecule has 0 radical (unpaired) electrons. The van der Waals surface area contributed by atoms with Crippen molar-refractivity contribution in [3.05, 3.63) is 71.8 Å². The highest BCUT2D eigenvalue weighted by Crippen LogP contribution is 2.24. The third-order valence-corrected chi connectivity index (χ3v) is 8.54. The summed E-state index contributed by atoms with van der Waals surface area (Å²) in [6.45, 7) is 0.929. The summed E-state index contributed by atoms with van der Waals surface area (Å²) in [7, 11) is 1.92. The Morgan fingerprint density at radius 2 is 1.67 bits per heavy atom. The topological polar surface area (TPSA) is 235 Å². The van der Waals surface area contributed by atoms with Gasteiger partial charge in [0.2, 0.25) is 29.5 Å². The number of nitrogens with one attached hydrogen (secondary N) is 7. The Morgan fingerprint density at radius 1 is 0.923 bits per heavy atom. The highest BCUT2D eigenvalue weighted by Gasteiger charge is 2.30. The number of ether oxygens (including phenoxy) is 1. The fourth-order valence-electron chi connectivity index (χ4n) is 5.68. The average molecular weight is 725 g/mol. The second kappa shape index (κ2) is 23.4. The van der Waals surface area contributed by atoms with Gasteiger partial charge in [0.15, 0.2) is 0 Å². The molecule has 2 aromatic rings. The van der Waals surface area contributed by atoms with Gasteiger partial charge in [0.1, 0.15) is 24.1 Å². The van der Waals surface area contributed by atoms with Crippen LogP contribution >= 0.6 is 0 Å². The van der Waals surface area contributed by atoms with E-state index in [4.69, 9.17) is 14.9 Å². The van der Waals surface area contributed by atoms with Crippen LogP contribution < -0.4 is 43.0 Å². The fourth-order valence-corrected chi connectivity index (χ4v) is 5.68. The summed E-state index contributed by atoms with van der Waals surface area (Å²) in [6, 6.07) is 8.92. The number of aldehydes is 1. The quantitative estimate of drug-likeness (QED) is 0.0391. The summed E-state index contributed by atoms with van der Waals surface area (Å²) in [5.74, 6) is -1.75. The van der Waals surface area contributed by atoms with Gasteiger partial charge in [-0.2, -0.15) is 0 Å². The van der Waals surface area contributed by atoms with Gasteiger partial charge >= 0.3 is 0 Å². The Balaban J connectivity index is 1.63. The number of amides is 5. The number of rotatable bonds is 23. The van der Waals surface area contributed by atoms with Gasteiger partial charge in [0.25, 0.3) is 0 Å². The Hall–Kier alpha value is -5.06. The standard InChI is InChI=1S/C36H52N8O8/c1-38-28-10-8-25(9-11-28)34(48)44-30(22-29-7-4-18-52-29)35(49)42-23-27-6-3-2-5-26(27)21-33(47)43-31(36(50)40-16-20-51-19-13-37)24-41-32(46)12-14-39-15-17-45/h2-7,12,14,17-18,25,28,30-31,38-39H,8-11,13,15-16,19-24,37H2,1H3,(H,40,50)(H,41,46)(H,42,49)(H,43,47)(H,44,48)/b14-12-/t25?,28?,30-,31-/m0/s1. The van der Waals surface area contributed by atoms with Crippen molar-refractivity contribution in [3.8, 4) is 0 Å². The number of carbonyl (C=O) groups excluding carboxylic acids is 6. The molecule has 1 saturated carbocycles. The molecule has 1 aliphatic carbocycles. The van der Waals surface area contributed by atoms with Crippen LogP contribution in [0.5, 0.6) is 0 Å². The first-order valence-electron chi connectivity index (χ1n) is 17.5. The molecule has 16 heteroatoms. The Bertz CT molecular complexity index is 1460. The molecular formula is C36H52N8O8. The van der Waals surface area contributed by atoms with Gasteiger partial charge in [-0.15, -0.1) is 0 Å². The minimum Gasteiger partial charge on any atom is -0.469 e.